The molecule has 0 aliphatic carbocycles. The molecule has 3 rings (SSSR count). The van der Waals surface area contributed by atoms with Gasteiger partial charge in [-0.15, -0.1) is 0 Å². The molecule has 1 aliphatic rings. The predicted molar refractivity (Wildman–Crippen MR) is 80.1 cm³/mol. The summed E-state index contributed by atoms with van der Waals surface area (Å²) in [5, 5.41) is 2.32. The second-order valence-electron chi connectivity index (χ2n) is 5.10. The fourth-order valence-electron chi connectivity index (χ4n) is 2.75. The van der Waals surface area contributed by atoms with E-state index < -0.39 is 0 Å². The quantitative estimate of drug-likeness (QED) is 0.876. The van der Waals surface area contributed by atoms with Crippen LogP contribution in [0.5, 0.6) is 0 Å². The molecule has 0 radical (unpaired) electrons. The van der Waals surface area contributed by atoms with Crippen molar-refractivity contribution < 1.29 is 0 Å². The summed E-state index contributed by atoms with van der Waals surface area (Å²) >= 11 is 0. The van der Waals surface area contributed by atoms with E-state index in [4.69, 9.17) is 0 Å². The molecule has 0 aromatic heterocycles. The topological polar surface area (TPSA) is 15.3 Å². The third-order valence-electron chi connectivity index (χ3n) is 3.83. The van der Waals surface area contributed by atoms with Crippen molar-refractivity contribution in [1.82, 2.24) is 5.43 Å². The molecule has 2 heteroatoms. The van der Waals surface area contributed by atoms with E-state index in [1.165, 1.54) is 23.2 Å². The summed E-state index contributed by atoms with van der Waals surface area (Å²) in [4.78, 5) is 0. The van der Waals surface area contributed by atoms with E-state index in [2.05, 4.69) is 72.0 Å². The second kappa shape index (κ2) is 5.45. The van der Waals surface area contributed by atoms with Crippen LogP contribution in [0.4, 0.5) is 5.69 Å². The number of anilines is 1. The van der Waals surface area contributed by atoms with Crippen LogP contribution >= 0.6 is 0 Å². The lowest BCUT2D eigenvalue weighted by atomic mass is 10.0. The number of nitrogens with one attached hydrogen (secondary N) is 1. The highest BCUT2D eigenvalue weighted by atomic mass is 15.5. The van der Waals surface area contributed by atoms with Gasteiger partial charge in [0.05, 0.1) is 11.7 Å². The van der Waals surface area contributed by atoms with Gasteiger partial charge < -0.3 is 5.01 Å². The minimum absolute atomic E-state index is 0.334. The lowest BCUT2D eigenvalue weighted by Gasteiger charge is -2.32. The van der Waals surface area contributed by atoms with Gasteiger partial charge in [-0.1, -0.05) is 48.5 Å². The summed E-state index contributed by atoms with van der Waals surface area (Å²) in [5.41, 5.74) is 7.67. The van der Waals surface area contributed by atoms with Crippen LogP contribution in [0.15, 0.2) is 54.6 Å². The van der Waals surface area contributed by atoms with Gasteiger partial charge in [-0.2, -0.15) is 0 Å². The van der Waals surface area contributed by atoms with Gasteiger partial charge in [0, 0.05) is 6.54 Å². The number of hydrogen-bond donors (Lipinski definition) is 1. The summed E-state index contributed by atoms with van der Waals surface area (Å²) < 4.78 is 0. The summed E-state index contributed by atoms with van der Waals surface area (Å²) in [5.74, 6) is 0. The Morgan fingerprint density at radius 2 is 1.74 bits per heavy atom. The Kier molecular flexibility index (Phi) is 3.51. The highest BCUT2D eigenvalue weighted by Crippen LogP contribution is 2.30. The number of rotatable bonds is 2. The van der Waals surface area contributed by atoms with Gasteiger partial charge >= 0.3 is 0 Å². The van der Waals surface area contributed by atoms with Crippen molar-refractivity contribution in [2.24, 2.45) is 0 Å². The molecule has 0 bridgehead atoms. The zero-order valence-electron chi connectivity index (χ0n) is 11.3. The molecule has 1 heterocycles. The van der Waals surface area contributed by atoms with Gasteiger partial charge in [0.1, 0.15) is 0 Å². The Morgan fingerprint density at radius 1 is 1.00 bits per heavy atom. The van der Waals surface area contributed by atoms with Crippen molar-refractivity contribution in [2.45, 2.75) is 25.8 Å². The van der Waals surface area contributed by atoms with Crippen LogP contribution < -0.4 is 10.4 Å². The lowest BCUT2D eigenvalue weighted by Crippen LogP contribution is -2.40. The smallest absolute Gasteiger partial charge is 0.0676 e. The second-order valence-corrected chi connectivity index (χ2v) is 5.10. The minimum Gasteiger partial charge on any atom is -0.301 e. The van der Waals surface area contributed by atoms with Gasteiger partial charge in [0.15, 0.2) is 0 Å². The van der Waals surface area contributed by atoms with Crippen LogP contribution in [0.2, 0.25) is 0 Å². The Hall–Kier alpha value is -1.80. The zero-order chi connectivity index (χ0) is 13.1. The lowest BCUT2D eigenvalue weighted by molar-refractivity contribution is 0.555. The van der Waals surface area contributed by atoms with Crippen LogP contribution in [0.25, 0.3) is 0 Å². The number of aryl methyl sites for hydroxylation is 1. The molecule has 0 amide bonds. The Morgan fingerprint density at radius 3 is 2.58 bits per heavy atom. The first-order valence-corrected chi connectivity index (χ1v) is 7.02. The molecule has 0 spiro atoms. The molecule has 2 aromatic rings. The molecular weight excluding hydrogens is 232 g/mol. The average molecular weight is 252 g/mol. The Labute approximate surface area is 115 Å². The highest BCUT2D eigenvalue weighted by Gasteiger charge is 2.20. The first-order valence-electron chi connectivity index (χ1n) is 7.02. The van der Waals surface area contributed by atoms with Crippen molar-refractivity contribution in [3.8, 4) is 0 Å². The molecule has 0 fully saturated rings. The standard InChI is InChI=1S/C17H20N2/c1-14(15-8-3-2-4-9-15)19-17-12-6-5-10-16(17)11-7-13-18-19/h2-6,8-10,12,14,18H,7,11,13H2,1H3. The van der Waals surface area contributed by atoms with Gasteiger partial charge in [-0.3, -0.25) is 0 Å². The molecule has 2 aromatic carbocycles. The summed E-state index contributed by atoms with van der Waals surface area (Å²) in [6, 6.07) is 19.7. The van der Waals surface area contributed by atoms with Gasteiger partial charge in [0.25, 0.3) is 0 Å². The SMILES string of the molecule is CC(c1ccccc1)N1NCCCc2ccccc21. The van der Waals surface area contributed by atoms with E-state index in [1.54, 1.807) is 0 Å². The normalized spacial score (nSPS) is 16.6. The third kappa shape index (κ3) is 2.49. The Balaban J connectivity index is 1.96. The molecule has 1 unspecified atom stereocenters. The van der Waals surface area contributed by atoms with Crippen molar-refractivity contribution in [2.75, 3.05) is 11.6 Å². The molecule has 1 atom stereocenters. The highest BCUT2D eigenvalue weighted by molar-refractivity contribution is 5.55. The van der Waals surface area contributed by atoms with Crippen molar-refractivity contribution in [3.63, 3.8) is 0 Å². The fraction of sp³-hybridized carbons (Fsp3) is 0.294. The van der Waals surface area contributed by atoms with Crippen molar-refractivity contribution >= 4 is 5.69 Å². The summed E-state index contributed by atoms with van der Waals surface area (Å²) in [7, 11) is 0. The molecular formula is C17H20N2. The minimum atomic E-state index is 0.334. The molecule has 0 saturated heterocycles. The van der Waals surface area contributed by atoms with Crippen molar-refractivity contribution in [1.29, 1.82) is 0 Å². The molecule has 19 heavy (non-hydrogen) atoms. The number of benzene rings is 2. The average Bonchev–Trinajstić information content (AvgIpc) is 2.70. The number of hydrazine groups is 1. The van der Waals surface area contributed by atoms with Crippen LogP contribution in [-0.4, -0.2) is 6.54 Å². The van der Waals surface area contributed by atoms with Crippen LogP contribution in [0.1, 0.15) is 30.5 Å². The maximum atomic E-state index is 3.57. The van der Waals surface area contributed by atoms with E-state index >= 15 is 0 Å². The number of para-hydroxylation sites is 1. The summed E-state index contributed by atoms with van der Waals surface area (Å²) in [6.45, 7) is 3.29. The monoisotopic (exact) mass is 252 g/mol. The fourth-order valence-corrected chi connectivity index (χ4v) is 2.75. The number of fused-ring (bicyclic) bond motifs is 1. The number of nitrogens with zero attached hydrogens (tertiary/aromatic N) is 1. The van der Waals surface area contributed by atoms with E-state index in [0.717, 1.165) is 13.0 Å². The van der Waals surface area contributed by atoms with E-state index in [-0.39, 0.29) is 0 Å². The van der Waals surface area contributed by atoms with E-state index in [1.807, 2.05) is 0 Å². The van der Waals surface area contributed by atoms with E-state index in [0.29, 0.717) is 6.04 Å². The van der Waals surface area contributed by atoms with Gasteiger partial charge in [-0.25, -0.2) is 5.43 Å². The first-order chi connectivity index (χ1) is 9.36. The Bertz CT molecular complexity index is 536. The van der Waals surface area contributed by atoms with Crippen LogP contribution in [0, 0.1) is 0 Å². The third-order valence-corrected chi connectivity index (χ3v) is 3.83. The molecule has 2 nitrogen and oxygen atoms in total. The molecule has 0 saturated carbocycles. The van der Waals surface area contributed by atoms with Crippen molar-refractivity contribution in [3.05, 3.63) is 65.7 Å². The molecule has 98 valence electrons. The van der Waals surface area contributed by atoms with E-state index in [9.17, 15) is 0 Å². The number of hydrogen-bond acceptors (Lipinski definition) is 2. The maximum Gasteiger partial charge on any atom is 0.0676 e. The predicted octanol–water partition coefficient (Wildman–Crippen LogP) is 3.71. The summed E-state index contributed by atoms with van der Waals surface area (Å²) in [6.07, 6.45) is 2.34. The molecule has 1 aliphatic heterocycles. The van der Waals surface area contributed by atoms with Crippen LogP contribution in [0.3, 0.4) is 0 Å². The largest absolute Gasteiger partial charge is 0.301 e. The first kappa shape index (κ1) is 12.2. The van der Waals surface area contributed by atoms with Gasteiger partial charge in [-0.05, 0) is 37.0 Å². The van der Waals surface area contributed by atoms with Gasteiger partial charge in [0.2, 0.25) is 0 Å². The zero-order valence-corrected chi connectivity index (χ0v) is 11.3. The maximum absolute atomic E-state index is 3.57. The van der Waals surface area contributed by atoms with Crippen LogP contribution in [-0.2, 0) is 6.42 Å². The molecule has 1 N–H and O–H groups in total.